The van der Waals surface area contributed by atoms with Crippen molar-refractivity contribution in [1.82, 2.24) is 4.57 Å². The third-order valence-electron chi connectivity index (χ3n) is 5.70. The maximum atomic E-state index is 5.32. The Morgan fingerprint density at radius 3 is 2.36 bits per heavy atom. The Balaban J connectivity index is 0.00000192. The Kier molecular flexibility index (Phi) is 5.48. The largest absolute Gasteiger partial charge is 1.00 e. The number of hydrogen-bond donors (Lipinski definition) is 0. The molecular formula is C23H22Br2N2O. The second-order valence-electron chi connectivity index (χ2n) is 7.27. The maximum absolute atomic E-state index is 5.32. The first-order chi connectivity index (χ1) is 13.2. The van der Waals surface area contributed by atoms with Crippen molar-refractivity contribution in [3.8, 4) is 17.0 Å². The number of allylic oxidation sites excluding steroid dienone is 2. The maximum Gasteiger partial charge on any atom is 0.285 e. The molecule has 0 atom stereocenters. The van der Waals surface area contributed by atoms with E-state index in [1.54, 1.807) is 7.11 Å². The lowest BCUT2D eigenvalue weighted by atomic mass is 9.98. The first-order valence-corrected chi connectivity index (χ1v) is 10.3. The van der Waals surface area contributed by atoms with Crippen LogP contribution in [0.5, 0.6) is 5.75 Å². The molecular weight excluding hydrogens is 480 g/mol. The highest BCUT2D eigenvalue weighted by molar-refractivity contribution is 9.10. The van der Waals surface area contributed by atoms with E-state index in [1.165, 1.54) is 46.6 Å². The van der Waals surface area contributed by atoms with E-state index in [4.69, 9.17) is 4.74 Å². The van der Waals surface area contributed by atoms with E-state index in [-0.39, 0.29) is 17.0 Å². The highest BCUT2D eigenvalue weighted by Crippen LogP contribution is 2.38. The van der Waals surface area contributed by atoms with Gasteiger partial charge in [-0.15, -0.1) is 0 Å². The lowest BCUT2D eigenvalue weighted by Crippen LogP contribution is -3.00. The number of imidazole rings is 1. The summed E-state index contributed by atoms with van der Waals surface area (Å²) in [5.74, 6) is 2.30. The Hall–Kier alpha value is -1.85. The molecule has 2 aliphatic heterocycles. The van der Waals surface area contributed by atoms with E-state index in [9.17, 15) is 0 Å². The predicted molar refractivity (Wildman–Crippen MR) is 111 cm³/mol. The summed E-state index contributed by atoms with van der Waals surface area (Å²) in [6.45, 7) is 2.04. The van der Waals surface area contributed by atoms with Gasteiger partial charge in [-0.2, -0.15) is 0 Å². The fourth-order valence-electron chi connectivity index (χ4n) is 4.37. The molecule has 0 N–H and O–H groups in total. The number of hydrogen-bond acceptors (Lipinski definition) is 1. The topological polar surface area (TPSA) is 18.0 Å². The number of ether oxygens (including phenoxy) is 1. The van der Waals surface area contributed by atoms with E-state index >= 15 is 0 Å². The first-order valence-electron chi connectivity index (χ1n) is 9.50. The van der Waals surface area contributed by atoms with Crippen LogP contribution >= 0.6 is 15.9 Å². The van der Waals surface area contributed by atoms with Crippen LogP contribution in [0.15, 0.2) is 59.2 Å². The molecule has 2 aliphatic rings. The van der Waals surface area contributed by atoms with Crippen molar-refractivity contribution in [2.45, 2.75) is 32.4 Å². The first kappa shape index (κ1) is 19.5. The number of methoxy groups -OCH3 is 1. The van der Waals surface area contributed by atoms with Crippen LogP contribution in [0.4, 0.5) is 0 Å². The molecule has 1 aromatic heterocycles. The lowest BCUT2D eigenvalue weighted by molar-refractivity contribution is -0.681. The van der Waals surface area contributed by atoms with Crippen molar-refractivity contribution in [2.75, 3.05) is 7.11 Å². The zero-order chi connectivity index (χ0) is 18.4. The molecule has 5 rings (SSSR count). The third-order valence-corrected chi connectivity index (χ3v) is 6.22. The minimum absolute atomic E-state index is 0. The highest BCUT2D eigenvalue weighted by atomic mass is 79.9. The molecule has 0 bridgehead atoms. The number of rotatable bonds is 3. The average Bonchev–Trinajstić information content (AvgIpc) is 3.13. The summed E-state index contributed by atoms with van der Waals surface area (Å²) >= 11 is 3.55. The van der Waals surface area contributed by atoms with Crippen LogP contribution in [0, 0.1) is 0 Å². The molecule has 0 saturated carbocycles. The Bertz CT molecular complexity index is 1030. The summed E-state index contributed by atoms with van der Waals surface area (Å²) in [4.78, 5) is 0. The van der Waals surface area contributed by atoms with E-state index in [2.05, 4.69) is 67.7 Å². The van der Waals surface area contributed by atoms with Crippen LogP contribution in [0.1, 0.15) is 30.7 Å². The Morgan fingerprint density at radius 1 is 0.929 bits per heavy atom. The minimum Gasteiger partial charge on any atom is -1.00 e. The van der Waals surface area contributed by atoms with Gasteiger partial charge in [0.05, 0.1) is 13.7 Å². The van der Waals surface area contributed by atoms with Gasteiger partial charge in [0.15, 0.2) is 5.69 Å². The molecule has 144 valence electrons. The van der Waals surface area contributed by atoms with Crippen molar-refractivity contribution >= 4 is 27.1 Å². The van der Waals surface area contributed by atoms with E-state index in [1.807, 2.05) is 12.1 Å². The van der Waals surface area contributed by atoms with Crippen LogP contribution in [0.3, 0.4) is 0 Å². The van der Waals surface area contributed by atoms with Crippen molar-refractivity contribution in [3.63, 3.8) is 0 Å². The standard InChI is InChI=1S/C23H22BrN2O.BrH/c1-27-19-11-7-17(8-12-19)22-15-25-14-21(16-5-9-18(24)10-6-16)20-4-2-3-13-26(22)23(20)25;/h5-12,15H,2-4,13-14H2,1H3;1H/q+1;/p-1. The zero-order valence-corrected chi connectivity index (χ0v) is 19.0. The SMILES string of the molecule is COc1ccc(-c2c[n+]3c4n2CCCCC4=C(c2ccc(Br)cc2)C3)cc1.[Br-]. The summed E-state index contributed by atoms with van der Waals surface area (Å²) in [5.41, 5.74) is 6.91. The molecule has 3 nitrogen and oxygen atoms in total. The van der Waals surface area contributed by atoms with E-state index in [0.717, 1.165) is 29.7 Å². The molecule has 0 unspecified atom stereocenters. The van der Waals surface area contributed by atoms with Gasteiger partial charge in [0, 0.05) is 21.2 Å². The fourth-order valence-corrected chi connectivity index (χ4v) is 4.64. The van der Waals surface area contributed by atoms with Gasteiger partial charge in [-0.3, -0.25) is 0 Å². The molecule has 2 aromatic carbocycles. The number of nitrogens with zero attached hydrogens (tertiary/aromatic N) is 2. The average molecular weight is 502 g/mol. The van der Waals surface area contributed by atoms with Gasteiger partial charge >= 0.3 is 0 Å². The van der Waals surface area contributed by atoms with Crippen LogP contribution in [0.25, 0.3) is 22.4 Å². The van der Waals surface area contributed by atoms with Crippen molar-refractivity contribution in [3.05, 3.63) is 70.6 Å². The second-order valence-corrected chi connectivity index (χ2v) is 8.18. The minimum atomic E-state index is 0. The summed E-state index contributed by atoms with van der Waals surface area (Å²) in [7, 11) is 1.71. The van der Waals surface area contributed by atoms with Gasteiger partial charge in [-0.1, -0.05) is 28.1 Å². The number of benzene rings is 2. The molecule has 0 fully saturated rings. The molecule has 0 radical (unpaired) electrons. The Labute approximate surface area is 184 Å². The molecule has 28 heavy (non-hydrogen) atoms. The number of halogens is 2. The second kappa shape index (κ2) is 7.88. The third kappa shape index (κ3) is 3.25. The Morgan fingerprint density at radius 2 is 1.64 bits per heavy atom. The smallest absolute Gasteiger partial charge is 0.285 e. The van der Waals surface area contributed by atoms with Crippen LogP contribution in [-0.4, -0.2) is 11.7 Å². The van der Waals surface area contributed by atoms with E-state index < -0.39 is 0 Å². The molecule has 0 spiro atoms. The molecule has 5 heteroatoms. The highest BCUT2D eigenvalue weighted by Gasteiger charge is 2.36. The normalized spacial score (nSPS) is 15.1. The van der Waals surface area contributed by atoms with Crippen molar-refractivity contribution in [1.29, 1.82) is 0 Å². The molecule has 0 amide bonds. The van der Waals surface area contributed by atoms with Gasteiger partial charge in [-0.05, 0) is 61.2 Å². The summed E-state index contributed by atoms with van der Waals surface area (Å²) < 4.78 is 11.4. The molecule has 3 heterocycles. The van der Waals surface area contributed by atoms with Gasteiger partial charge in [0.2, 0.25) is 0 Å². The number of aromatic nitrogens is 2. The summed E-state index contributed by atoms with van der Waals surface area (Å²) in [5, 5.41) is 0. The molecule has 0 saturated heterocycles. The molecule has 3 aromatic rings. The van der Waals surface area contributed by atoms with Gasteiger partial charge in [0.1, 0.15) is 18.5 Å². The zero-order valence-electron chi connectivity index (χ0n) is 15.8. The predicted octanol–water partition coefficient (Wildman–Crippen LogP) is 2.33. The monoisotopic (exact) mass is 500 g/mol. The lowest BCUT2D eigenvalue weighted by Gasteiger charge is -2.06. The fraction of sp³-hybridized carbons (Fsp3) is 0.261. The van der Waals surface area contributed by atoms with Gasteiger partial charge < -0.3 is 21.7 Å². The van der Waals surface area contributed by atoms with Gasteiger partial charge in [-0.25, -0.2) is 9.13 Å². The molecule has 0 aliphatic carbocycles. The van der Waals surface area contributed by atoms with Crippen molar-refractivity contribution < 1.29 is 26.3 Å². The summed E-state index contributed by atoms with van der Waals surface area (Å²) in [6, 6.07) is 17.2. The van der Waals surface area contributed by atoms with Gasteiger partial charge in [0.25, 0.3) is 5.82 Å². The van der Waals surface area contributed by atoms with Crippen LogP contribution in [0.2, 0.25) is 0 Å². The van der Waals surface area contributed by atoms with E-state index in [0.29, 0.717) is 0 Å². The van der Waals surface area contributed by atoms with Crippen LogP contribution < -0.4 is 26.3 Å². The summed E-state index contributed by atoms with van der Waals surface area (Å²) in [6.07, 6.45) is 5.97. The van der Waals surface area contributed by atoms with Crippen molar-refractivity contribution in [2.24, 2.45) is 0 Å². The van der Waals surface area contributed by atoms with Crippen LogP contribution in [-0.2, 0) is 13.1 Å². The quantitative estimate of drug-likeness (QED) is 0.504.